The summed E-state index contributed by atoms with van der Waals surface area (Å²) in [6.45, 7) is 2.62. The first kappa shape index (κ1) is 15.8. The lowest BCUT2D eigenvalue weighted by atomic mass is 10.1. The maximum absolute atomic E-state index is 11.6. The van der Waals surface area contributed by atoms with E-state index >= 15 is 0 Å². The van der Waals surface area contributed by atoms with Crippen molar-refractivity contribution in [3.05, 3.63) is 54.0 Å². The summed E-state index contributed by atoms with van der Waals surface area (Å²) in [5, 5.41) is 3.84. The lowest BCUT2D eigenvalue weighted by Gasteiger charge is -2.05. The van der Waals surface area contributed by atoms with Crippen LogP contribution in [0, 0.1) is 0 Å². The molecule has 5 nitrogen and oxygen atoms in total. The third kappa shape index (κ3) is 5.44. The van der Waals surface area contributed by atoms with E-state index in [9.17, 15) is 4.79 Å². The molecule has 116 valence electrons. The minimum absolute atomic E-state index is 0.103. The van der Waals surface area contributed by atoms with E-state index in [1.165, 1.54) is 11.8 Å². The van der Waals surface area contributed by atoms with E-state index in [4.69, 9.17) is 9.15 Å². The van der Waals surface area contributed by atoms with Crippen molar-refractivity contribution in [1.29, 1.82) is 0 Å². The lowest BCUT2D eigenvalue weighted by Crippen LogP contribution is -2.17. The van der Waals surface area contributed by atoms with Gasteiger partial charge < -0.3 is 9.15 Å². The fourth-order valence-corrected chi connectivity index (χ4v) is 1.96. The molecule has 1 aromatic heterocycles. The molecule has 2 aromatic rings. The highest BCUT2D eigenvalue weighted by molar-refractivity contribution is 5.80. The van der Waals surface area contributed by atoms with E-state index < -0.39 is 0 Å². The third-order valence-electron chi connectivity index (χ3n) is 3.03. The van der Waals surface area contributed by atoms with E-state index in [0.717, 1.165) is 18.6 Å². The lowest BCUT2D eigenvalue weighted by molar-refractivity contribution is -0.121. The average Bonchev–Trinajstić information content (AvgIpc) is 3.03. The Kier molecular flexibility index (Phi) is 6.23. The predicted octanol–water partition coefficient (Wildman–Crippen LogP) is 3.15. The Hall–Kier alpha value is -2.56. The van der Waals surface area contributed by atoms with Gasteiger partial charge in [-0.15, -0.1) is 0 Å². The number of carbonyl (C=O) groups excluding carboxylic acids is 1. The maximum atomic E-state index is 11.6. The molecule has 1 N–H and O–H groups in total. The number of furan rings is 1. The number of carbonyl (C=O) groups is 1. The van der Waals surface area contributed by atoms with Gasteiger partial charge in [-0.2, -0.15) is 5.10 Å². The highest BCUT2D eigenvalue weighted by Crippen LogP contribution is 2.13. The van der Waals surface area contributed by atoms with Gasteiger partial charge in [0.25, 0.3) is 0 Å². The van der Waals surface area contributed by atoms with Gasteiger partial charge in [-0.3, -0.25) is 4.79 Å². The van der Waals surface area contributed by atoms with Gasteiger partial charge in [0.05, 0.1) is 19.1 Å². The van der Waals surface area contributed by atoms with E-state index in [0.29, 0.717) is 18.8 Å². The van der Waals surface area contributed by atoms with Gasteiger partial charge in [0, 0.05) is 6.42 Å². The Bertz CT molecular complexity index is 589. The zero-order valence-electron chi connectivity index (χ0n) is 12.6. The average molecular weight is 300 g/mol. The largest absolute Gasteiger partial charge is 0.494 e. The molecule has 0 fully saturated rings. The van der Waals surface area contributed by atoms with Gasteiger partial charge in [0.1, 0.15) is 11.5 Å². The van der Waals surface area contributed by atoms with Crippen molar-refractivity contribution >= 4 is 12.1 Å². The van der Waals surface area contributed by atoms with Crippen LogP contribution in [0.2, 0.25) is 0 Å². The Morgan fingerprint density at radius 1 is 1.32 bits per heavy atom. The van der Waals surface area contributed by atoms with Crippen LogP contribution >= 0.6 is 0 Å². The Balaban J connectivity index is 1.66. The molecule has 5 heteroatoms. The number of amides is 1. The molecule has 2 rings (SSSR count). The highest BCUT2D eigenvalue weighted by Gasteiger charge is 2.01. The number of rotatable bonds is 8. The molecular formula is C17H20N2O3. The second kappa shape index (κ2) is 8.67. The first-order valence-electron chi connectivity index (χ1n) is 7.35. The van der Waals surface area contributed by atoms with Crippen molar-refractivity contribution < 1.29 is 13.9 Å². The van der Waals surface area contributed by atoms with E-state index in [1.54, 1.807) is 18.4 Å². The Morgan fingerprint density at radius 2 is 2.14 bits per heavy atom. The second-order valence-electron chi connectivity index (χ2n) is 4.74. The number of nitrogens with one attached hydrogen (secondary N) is 1. The summed E-state index contributed by atoms with van der Waals surface area (Å²) in [6.07, 6.45) is 5.09. The van der Waals surface area contributed by atoms with Crippen molar-refractivity contribution in [3.8, 4) is 5.75 Å². The maximum Gasteiger partial charge on any atom is 0.240 e. The summed E-state index contributed by atoms with van der Waals surface area (Å²) in [6, 6.07) is 11.5. The summed E-state index contributed by atoms with van der Waals surface area (Å²) in [7, 11) is 0. The molecule has 0 saturated heterocycles. The number of ether oxygens (including phenoxy) is 1. The fourth-order valence-electron chi connectivity index (χ4n) is 1.96. The predicted molar refractivity (Wildman–Crippen MR) is 85.0 cm³/mol. The van der Waals surface area contributed by atoms with Gasteiger partial charge in [-0.05, 0) is 49.6 Å². The first-order valence-corrected chi connectivity index (χ1v) is 7.35. The number of aryl methyl sites for hydroxylation is 1. The molecular weight excluding hydrogens is 280 g/mol. The van der Waals surface area contributed by atoms with Crippen LogP contribution in [0.1, 0.15) is 31.1 Å². The van der Waals surface area contributed by atoms with Crippen molar-refractivity contribution in [2.75, 3.05) is 6.61 Å². The topological polar surface area (TPSA) is 63.8 Å². The smallest absolute Gasteiger partial charge is 0.240 e. The Labute approximate surface area is 130 Å². The molecule has 1 aromatic carbocycles. The van der Waals surface area contributed by atoms with Gasteiger partial charge in [0.2, 0.25) is 5.91 Å². The monoisotopic (exact) mass is 300 g/mol. The third-order valence-corrected chi connectivity index (χ3v) is 3.03. The van der Waals surface area contributed by atoms with Crippen LogP contribution < -0.4 is 10.2 Å². The number of benzene rings is 1. The number of hydrazone groups is 1. The van der Waals surface area contributed by atoms with Crippen molar-refractivity contribution in [2.24, 2.45) is 5.10 Å². The molecule has 0 unspecified atom stereocenters. The molecule has 0 aliphatic rings. The van der Waals surface area contributed by atoms with Crippen LogP contribution in [0.5, 0.6) is 5.75 Å². The quantitative estimate of drug-likeness (QED) is 0.601. The van der Waals surface area contributed by atoms with Crippen LogP contribution in [-0.2, 0) is 11.2 Å². The molecule has 1 amide bonds. The minimum Gasteiger partial charge on any atom is -0.494 e. The first-order chi connectivity index (χ1) is 10.8. The minimum atomic E-state index is -0.103. The molecule has 0 aliphatic carbocycles. The van der Waals surface area contributed by atoms with Crippen molar-refractivity contribution in [2.45, 2.75) is 26.2 Å². The van der Waals surface area contributed by atoms with Gasteiger partial charge >= 0.3 is 0 Å². The number of hydrogen-bond donors (Lipinski definition) is 1. The SMILES string of the molecule is CCOc1ccc(CCCC(=O)N/N=C\c2ccco2)cc1. The van der Waals surface area contributed by atoms with Crippen molar-refractivity contribution in [3.63, 3.8) is 0 Å². The number of nitrogens with zero attached hydrogens (tertiary/aromatic N) is 1. The summed E-state index contributed by atoms with van der Waals surface area (Å²) >= 11 is 0. The summed E-state index contributed by atoms with van der Waals surface area (Å²) in [4.78, 5) is 11.6. The Morgan fingerprint density at radius 3 is 2.82 bits per heavy atom. The molecule has 0 saturated carbocycles. The van der Waals surface area contributed by atoms with E-state index in [1.807, 2.05) is 31.2 Å². The molecule has 0 spiro atoms. The van der Waals surface area contributed by atoms with Crippen LogP contribution in [0.25, 0.3) is 0 Å². The fraction of sp³-hybridized carbons (Fsp3) is 0.294. The molecule has 0 aliphatic heterocycles. The molecule has 1 heterocycles. The van der Waals surface area contributed by atoms with Gasteiger partial charge in [-0.1, -0.05) is 12.1 Å². The number of hydrogen-bond acceptors (Lipinski definition) is 4. The van der Waals surface area contributed by atoms with Crippen molar-refractivity contribution in [1.82, 2.24) is 5.43 Å². The summed E-state index contributed by atoms with van der Waals surface area (Å²) in [5.41, 5.74) is 3.67. The van der Waals surface area contributed by atoms with Crippen LogP contribution in [0.3, 0.4) is 0 Å². The molecule has 0 radical (unpaired) electrons. The summed E-state index contributed by atoms with van der Waals surface area (Å²) < 4.78 is 10.5. The van der Waals surface area contributed by atoms with Gasteiger partial charge in [-0.25, -0.2) is 5.43 Å². The van der Waals surface area contributed by atoms with Crippen LogP contribution in [0.4, 0.5) is 0 Å². The summed E-state index contributed by atoms with van der Waals surface area (Å²) in [5.74, 6) is 1.37. The second-order valence-corrected chi connectivity index (χ2v) is 4.74. The molecule has 22 heavy (non-hydrogen) atoms. The highest BCUT2D eigenvalue weighted by atomic mass is 16.5. The van der Waals surface area contributed by atoms with Crippen LogP contribution in [0.15, 0.2) is 52.2 Å². The zero-order chi connectivity index (χ0) is 15.6. The zero-order valence-corrected chi connectivity index (χ0v) is 12.6. The van der Waals surface area contributed by atoms with Gasteiger partial charge in [0.15, 0.2) is 0 Å². The van der Waals surface area contributed by atoms with E-state index in [2.05, 4.69) is 10.5 Å². The standard InChI is InChI=1S/C17H20N2O3/c1-2-21-15-10-8-14(9-11-15)5-3-7-17(20)19-18-13-16-6-4-12-22-16/h4,6,8-13H,2-3,5,7H2,1H3,(H,19,20)/b18-13-. The van der Waals surface area contributed by atoms with E-state index in [-0.39, 0.29) is 5.91 Å². The molecule has 0 atom stereocenters. The molecule has 0 bridgehead atoms. The van der Waals surface area contributed by atoms with Crippen LogP contribution in [-0.4, -0.2) is 18.7 Å². The normalized spacial score (nSPS) is 10.8.